The number of carbonyl (C=O) groups is 1. The SMILES string of the molecule is Cc1cc(F)cc2c(=O)c(C(=O)NCC(C)(C)CCO)c[nH]c12. The van der Waals surface area contributed by atoms with Crippen LogP contribution in [0.15, 0.2) is 23.1 Å². The minimum atomic E-state index is -0.513. The topological polar surface area (TPSA) is 82.2 Å². The van der Waals surface area contributed by atoms with Crippen LogP contribution >= 0.6 is 0 Å². The number of pyridine rings is 1. The smallest absolute Gasteiger partial charge is 0.256 e. The number of hydrogen-bond donors (Lipinski definition) is 3. The maximum absolute atomic E-state index is 13.5. The minimum Gasteiger partial charge on any atom is -0.396 e. The number of benzene rings is 1. The van der Waals surface area contributed by atoms with Crippen molar-refractivity contribution in [2.75, 3.05) is 13.2 Å². The van der Waals surface area contributed by atoms with E-state index in [2.05, 4.69) is 10.3 Å². The van der Waals surface area contributed by atoms with Gasteiger partial charge in [0.25, 0.3) is 5.91 Å². The van der Waals surface area contributed by atoms with Crippen molar-refractivity contribution >= 4 is 16.8 Å². The van der Waals surface area contributed by atoms with Crippen LogP contribution in [-0.2, 0) is 0 Å². The lowest BCUT2D eigenvalue weighted by molar-refractivity contribution is 0.0927. The molecule has 0 spiro atoms. The molecule has 0 aliphatic carbocycles. The van der Waals surface area contributed by atoms with Crippen molar-refractivity contribution < 1.29 is 14.3 Å². The normalized spacial score (nSPS) is 11.7. The summed E-state index contributed by atoms with van der Waals surface area (Å²) in [7, 11) is 0. The van der Waals surface area contributed by atoms with Crippen molar-refractivity contribution in [3.63, 3.8) is 0 Å². The third kappa shape index (κ3) is 3.76. The number of aryl methyl sites for hydroxylation is 1. The molecular weight excluding hydrogens is 299 g/mol. The Morgan fingerprint density at radius 3 is 2.74 bits per heavy atom. The number of H-pyrrole nitrogens is 1. The molecule has 5 nitrogen and oxygen atoms in total. The van der Waals surface area contributed by atoms with Crippen LogP contribution < -0.4 is 10.7 Å². The minimum absolute atomic E-state index is 0.0258. The third-order valence-electron chi connectivity index (χ3n) is 3.91. The molecule has 0 fully saturated rings. The predicted octanol–water partition coefficient (Wildman–Crippen LogP) is 2.11. The van der Waals surface area contributed by atoms with Gasteiger partial charge in [-0.2, -0.15) is 0 Å². The molecule has 0 atom stereocenters. The molecule has 1 amide bonds. The van der Waals surface area contributed by atoms with E-state index in [1.54, 1.807) is 6.92 Å². The highest BCUT2D eigenvalue weighted by Gasteiger charge is 2.20. The largest absolute Gasteiger partial charge is 0.396 e. The number of aromatic nitrogens is 1. The van der Waals surface area contributed by atoms with Gasteiger partial charge >= 0.3 is 0 Å². The predicted molar refractivity (Wildman–Crippen MR) is 87.1 cm³/mol. The molecule has 6 heteroatoms. The van der Waals surface area contributed by atoms with E-state index in [0.717, 1.165) is 6.07 Å². The van der Waals surface area contributed by atoms with Gasteiger partial charge in [0.05, 0.1) is 5.52 Å². The summed E-state index contributed by atoms with van der Waals surface area (Å²) in [5.74, 6) is -1.02. The number of amides is 1. The number of aliphatic hydroxyl groups is 1. The van der Waals surface area contributed by atoms with Crippen molar-refractivity contribution in [3.05, 3.63) is 45.5 Å². The van der Waals surface area contributed by atoms with Gasteiger partial charge in [0, 0.05) is 24.7 Å². The molecule has 0 aliphatic rings. The molecule has 2 aromatic rings. The number of nitrogens with one attached hydrogen (secondary N) is 2. The van der Waals surface area contributed by atoms with Gasteiger partial charge in [-0.05, 0) is 36.5 Å². The van der Waals surface area contributed by atoms with Crippen molar-refractivity contribution in [3.8, 4) is 0 Å². The van der Waals surface area contributed by atoms with Crippen LogP contribution in [0.25, 0.3) is 10.9 Å². The number of halogens is 1. The standard InChI is InChI=1S/C17H21FN2O3/c1-10-6-11(18)7-12-14(10)19-8-13(15(12)22)16(23)20-9-17(2,3)4-5-21/h6-8,21H,4-5,9H2,1-3H3,(H,19,22)(H,20,23). The van der Waals surface area contributed by atoms with E-state index in [1.807, 2.05) is 13.8 Å². The molecule has 1 heterocycles. The van der Waals surface area contributed by atoms with Gasteiger partial charge in [0.15, 0.2) is 0 Å². The Balaban J connectivity index is 2.32. The fraction of sp³-hybridized carbons (Fsp3) is 0.412. The van der Waals surface area contributed by atoms with Crippen molar-refractivity contribution in [1.82, 2.24) is 10.3 Å². The maximum atomic E-state index is 13.5. The first-order valence-corrected chi connectivity index (χ1v) is 7.46. The zero-order chi connectivity index (χ0) is 17.2. The van der Waals surface area contributed by atoms with E-state index in [9.17, 15) is 14.0 Å². The average molecular weight is 320 g/mol. The Morgan fingerprint density at radius 1 is 1.39 bits per heavy atom. The molecule has 0 aliphatic heterocycles. The van der Waals surface area contributed by atoms with E-state index < -0.39 is 17.2 Å². The number of hydrogen-bond acceptors (Lipinski definition) is 3. The fourth-order valence-corrected chi connectivity index (χ4v) is 2.44. The number of rotatable bonds is 5. The number of fused-ring (bicyclic) bond motifs is 1. The van der Waals surface area contributed by atoms with Crippen molar-refractivity contribution in [2.45, 2.75) is 27.2 Å². The molecule has 3 N–H and O–H groups in total. The van der Waals surface area contributed by atoms with Gasteiger partial charge < -0.3 is 15.4 Å². The molecule has 0 radical (unpaired) electrons. The van der Waals surface area contributed by atoms with E-state index >= 15 is 0 Å². The molecule has 0 saturated carbocycles. The van der Waals surface area contributed by atoms with Gasteiger partial charge in [-0.1, -0.05) is 13.8 Å². The second-order valence-electron chi connectivity index (χ2n) is 6.50. The lowest BCUT2D eigenvalue weighted by Crippen LogP contribution is -2.36. The van der Waals surface area contributed by atoms with Crippen LogP contribution in [0.1, 0.15) is 36.2 Å². The Bertz CT molecular complexity index is 796. The van der Waals surface area contributed by atoms with Gasteiger partial charge in [-0.3, -0.25) is 9.59 Å². The average Bonchev–Trinajstić information content (AvgIpc) is 2.46. The molecule has 1 aromatic heterocycles. The van der Waals surface area contributed by atoms with Crippen LogP contribution in [0, 0.1) is 18.2 Å². The van der Waals surface area contributed by atoms with Gasteiger partial charge in [-0.25, -0.2) is 4.39 Å². The molecular formula is C17H21FN2O3. The molecule has 124 valence electrons. The second-order valence-corrected chi connectivity index (χ2v) is 6.50. The molecule has 0 bridgehead atoms. The Kier molecular flexibility index (Phi) is 4.85. The van der Waals surface area contributed by atoms with Gasteiger partial charge in [0.2, 0.25) is 5.43 Å². The first-order chi connectivity index (χ1) is 10.7. The lowest BCUT2D eigenvalue weighted by atomic mass is 9.89. The summed E-state index contributed by atoms with van der Waals surface area (Å²) in [5.41, 5.74) is 0.291. The first kappa shape index (κ1) is 17.1. The number of aliphatic hydroxyl groups excluding tert-OH is 1. The van der Waals surface area contributed by atoms with Crippen molar-refractivity contribution in [1.29, 1.82) is 0 Å². The summed E-state index contributed by atoms with van der Waals surface area (Å²) >= 11 is 0. The summed E-state index contributed by atoms with van der Waals surface area (Å²) < 4.78 is 13.5. The zero-order valence-corrected chi connectivity index (χ0v) is 13.5. The van der Waals surface area contributed by atoms with Crippen LogP contribution in [0.3, 0.4) is 0 Å². The Hall–Kier alpha value is -2.21. The quantitative estimate of drug-likeness (QED) is 0.789. The fourth-order valence-electron chi connectivity index (χ4n) is 2.44. The summed E-state index contributed by atoms with van der Waals surface area (Å²) in [6.07, 6.45) is 1.88. The monoisotopic (exact) mass is 320 g/mol. The van der Waals surface area contributed by atoms with Crippen LogP contribution in [0.5, 0.6) is 0 Å². The van der Waals surface area contributed by atoms with E-state index in [-0.39, 0.29) is 23.0 Å². The summed E-state index contributed by atoms with van der Waals surface area (Å²) in [6, 6.07) is 2.46. The number of carbonyl (C=O) groups excluding carboxylic acids is 1. The highest BCUT2D eigenvalue weighted by atomic mass is 19.1. The maximum Gasteiger partial charge on any atom is 0.256 e. The summed E-state index contributed by atoms with van der Waals surface area (Å²) in [5, 5.41) is 11.8. The van der Waals surface area contributed by atoms with Crippen LogP contribution in [0.4, 0.5) is 4.39 Å². The molecule has 23 heavy (non-hydrogen) atoms. The third-order valence-corrected chi connectivity index (χ3v) is 3.91. The molecule has 2 rings (SSSR count). The van der Waals surface area contributed by atoms with Gasteiger partial charge in [0.1, 0.15) is 11.4 Å². The first-order valence-electron chi connectivity index (χ1n) is 7.46. The second kappa shape index (κ2) is 6.50. The lowest BCUT2D eigenvalue weighted by Gasteiger charge is -2.23. The summed E-state index contributed by atoms with van der Waals surface area (Å²) in [6.45, 7) is 5.86. The zero-order valence-electron chi connectivity index (χ0n) is 13.5. The molecule has 0 saturated heterocycles. The Labute approximate surface area is 133 Å². The van der Waals surface area contributed by atoms with Crippen LogP contribution in [0.2, 0.25) is 0 Å². The highest BCUT2D eigenvalue weighted by Crippen LogP contribution is 2.18. The Morgan fingerprint density at radius 2 is 2.09 bits per heavy atom. The number of aromatic amines is 1. The van der Waals surface area contributed by atoms with Crippen LogP contribution in [-0.4, -0.2) is 29.1 Å². The van der Waals surface area contributed by atoms with Crippen molar-refractivity contribution in [2.24, 2.45) is 5.41 Å². The van der Waals surface area contributed by atoms with Gasteiger partial charge in [-0.15, -0.1) is 0 Å². The molecule has 1 aromatic carbocycles. The summed E-state index contributed by atoms with van der Waals surface area (Å²) in [4.78, 5) is 27.6. The van der Waals surface area contributed by atoms with E-state index in [0.29, 0.717) is 24.0 Å². The molecule has 0 unspecified atom stereocenters. The van der Waals surface area contributed by atoms with E-state index in [4.69, 9.17) is 5.11 Å². The van der Waals surface area contributed by atoms with E-state index in [1.165, 1.54) is 12.3 Å². The highest BCUT2D eigenvalue weighted by molar-refractivity contribution is 5.97.